The van der Waals surface area contributed by atoms with Crippen LogP contribution in [0.5, 0.6) is 5.75 Å². The summed E-state index contributed by atoms with van der Waals surface area (Å²) < 4.78 is 23.1. The highest BCUT2D eigenvalue weighted by Crippen LogP contribution is 2.23. The molecule has 1 heterocycles. The minimum atomic E-state index is -0.531. The van der Waals surface area contributed by atoms with E-state index in [0.29, 0.717) is 18.9 Å². The Balaban J connectivity index is 2.09. The number of methoxy groups -OCH3 is 1. The molecule has 16 heavy (non-hydrogen) atoms. The first-order chi connectivity index (χ1) is 7.70. The van der Waals surface area contributed by atoms with Crippen molar-refractivity contribution in [3.8, 4) is 5.75 Å². The molecule has 0 aromatic heterocycles. The van der Waals surface area contributed by atoms with Gasteiger partial charge in [-0.25, -0.2) is 4.39 Å². The fourth-order valence-electron chi connectivity index (χ4n) is 1.64. The molecule has 1 aromatic rings. The van der Waals surface area contributed by atoms with Crippen LogP contribution in [0.4, 0.5) is 10.1 Å². The first kappa shape index (κ1) is 11.2. The molecule has 0 saturated carbocycles. The number of ether oxygens (including phenoxy) is 2. The van der Waals surface area contributed by atoms with E-state index in [0.717, 1.165) is 0 Å². The molecular formula is C11H14FNO3. The van der Waals surface area contributed by atoms with E-state index in [1.807, 2.05) is 0 Å². The summed E-state index contributed by atoms with van der Waals surface area (Å²) in [5.41, 5.74) is 0.702. The van der Waals surface area contributed by atoms with Crippen molar-refractivity contribution in [1.29, 1.82) is 0 Å². The second-order valence-corrected chi connectivity index (χ2v) is 3.70. The van der Waals surface area contributed by atoms with E-state index < -0.39 is 11.9 Å². The van der Waals surface area contributed by atoms with Gasteiger partial charge in [0.25, 0.3) is 0 Å². The molecule has 2 N–H and O–H groups in total. The number of anilines is 1. The topological polar surface area (TPSA) is 50.7 Å². The van der Waals surface area contributed by atoms with Gasteiger partial charge in [-0.2, -0.15) is 0 Å². The van der Waals surface area contributed by atoms with Crippen molar-refractivity contribution in [3.05, 3.63) is 24.0 Å². The van der Waals surface area contributed by atoms with Crippen LogP contribution in [0.3, 0.4) is 0 Å². The quantitative estimate of drug-likeness (QED) is 0.809. The maximum absolute atomic E-state index is 13.1. The van der Waals surface area contributed by atoms with Crippen molar-refractivity contribution < 1.29 is 19.0 Å². The summed E-state index contributed by atoms with van der Waals surface area (Å²) in [6.07, 6.45) is -0.531. The normalized spacial score (nSPS) is 24.4. The zero-order valence-corrected chi connectivity index (χ0v) is 8.94. The van der Waals surface area contributed by atoms with Crippen LogP contribution >= 0.6 is 0 Å². The predicted octanol–water partition coefficient (Wildman–Crippen LogP) is 1.01. The molecule has 4 nitrogen and oxygen atoms in total. The summed E-state index contributed by atoms with van der Waals surface area (Å²) >= 11 is 0. The van der Waals surface area contributed by atoms with Gasteiger partial charge in [0.15, 0.2) is 11.6 Å². The van der Waals surface area contributed by atoms with Gasteiger partial charge in [0.2, 0.25) is 0 Å². The Morgan fingerprint density at radius 2 is 2.31 bits per heavy atom. The average Bonchev–Trinajstić information content (AvgIpc) is 2.67. The van der Waals surface area contributed by atoms with Crippen molar-refractivity contribution in [2.45, 2.75) is 12.1 Å². The Morgan fingerprint density at radius 3 is 2.94 bits per heavy atom. The van der Waals surface area contributed by atoms with Crippen LogP contribution in [0.25, 0.3) is 0 Å². The van der Waals surface area contributed by atoms with Gasteiger partial charge in [-0.05, 0) is 12.1 Å². The number of aliphatic hydroxyl groups is 1. The van der Waals surface area contributed by atoms with E-state index in [1.165, 1.54) is 13.2 Å². The van der Waals surface area contributed by atoms with Gasteiger partial charge >= 0.3 is 0 Å². The van der Waals surface area contributed by atoms with Crippen molar-refractivity contribution in [2.75, 3.05) is 25.6 Å². The van der Waals surface area contributed by atoms with E-state index in [1.54, 1.807) is 12.1 Å². The number of halogens is 1. The summed E-state index contributed by atoms with van der Waals surface area (Å²) in [6.45, 7) is 0.775. The van der Waals surface area contributed by atoms with Crippen LogP contribution in [-0.2, 0) is 4.74 Å². The number of aliphatic hydroxyl groups excluding tert-OH is 1. The van der Waals surface area contributed by atoms with E-state index in [-0.39, 0.29) is 11.8 Å². The summed E-state index contributed by atoms with van der Waals surface area (Å²) in [5, 5.41) is 12.6. The minimum absolute atomic E-state index is 0.157. The second-order valence-electron chi connectivity index (χ2n) is 3.70. The third-order valence-electron chi connectivity index (χ3n) is 2.55. The molecule has 1 aliphatic heterocycles. The molecule has 0 aliphatic carbocycles. The van der Waals surface area contributed by atoms with E-state index >= 15 is 0 Å². The Kier molecular flexibility index (Phi) is 3.26. The summed E-state index contributed by atoms with van der Waals surface area (Å²) in [7, 11) is 1.41. The zero-order valence-electron chi connectivity index (χ0n) is 8.94. The third-order valence-corrected chi connectivity index (χ3v) is 2.55. The highest BCUT2D eigenvalue weighted by Gasteiger charge is 2.25. The Hall–Kier alpha value is -1.33. The standard InChI is InChI=1S/C11H14FNO3/c1-15-11-4-7(2-3-8(11)12)13-9-5-16-6-10(9)14/h2-4,9-10,13-14H,5-6H2,1H3/t9-,10-/m1/s1. The van der Waals surface area contributed by atoms with Crippen LogP contribution in [0, 0.1) is 5.82 Å². The first-order valence-corrected chi connectivity index (χ1v) is 5.06. The van der Waals surface area contributed by atoms with Crippen molar-refractivity contribution in [3.63, 3.8) is 0 Å². The Bertz CT molecular complexity index is 372. The third kappa shape index (κ3) is 2.25. The van der Waals surface area contributed by atoms with Crippen molar-refractivity contribution in [1.82, 2.24) is 0 Å². The van der Waals surface area contributed by atoms with Crippen LogP contribution in [0.15, 0.2) is 18.2 Å². The zero-order chi connectivity index (χ0) is 11.5. The number of nitrogens with one attached hydrogen (secondary N) is 1. The van der Waals surface area contributed by atoms with Gasteiger partial charge in [-0.1, -0.05) is 0 Å². The summed E-state index contributed by atoms with van der Waals surface area (Å²) in [4.78, 5) is 0. The van der Waals surface area contributed by atoms with Gasteiger partial charge < -0.3 is 19.9 Å². The van der Waals surface area contributed by atoms with Crippen LogP contribution in [-0.4, -0.2) is 37.6 Å². The van der Waals surface area contributed by atoms with Crippen molar-refractivity contribution in [2.24, 2.45) is 0 Å². The highest BCUT2D eigenvalue weighted by molar-refractivity contribution is 5.49. The molecule has 1 saturated heterocycles. The molecule has 2 rings (SSSR count). The van der Waals surface area contributed by atoms with Gasteiger partial charge in [-0.15, -0.1) is 0 Å². The molecule has 88 valence electrons. The predicted molar refractivity (Wildman–Crippen MR) is 57.2 cm³/mol. The molecule has 1 fully saturated rings. The summed E-state index contributed by atoms with van der Waals surface area (Å²) in [5.74, 6) is -0.227. The number of hydrogen-bond acceptors (Lipinski definition) is 4. The van der Waals surface area contributed by atoms with Gasteiger partial charge in [0.1, 0.15) is 0 Å². The molecule has 1 aliphatic rings. The van der Waals surface area contributed by atoms with E-state index in [4.69, 9.17) is 9.47 Å². The van der Waals surface area contributed by atoms with Crippen LogP contribution in [0.1, 0.15) is 0 Å². The lowest BCUT2D eigenvalue weighted by Gasteiger charge is -2.16. The second kappa shape index (κ2) is 4.67. The lowest BCUT2D eigenvalue weighted by Crippen LogP contribution is -2.31. The van der Waals surface area contributed by atoms with Crippen molar-refractivity contribution >= 4 is 5.69 Å². The minimum Gasteiger partial charge on any atom is -0.494 e. The number of hydrogen-bond donors (Lipinski definition) is 2. The number of benzene rings is 1. The van der Waals surface area contributed by atoms with E-state index in [9.17, 15) is 9.50 Å². The Labute approximate surface area is 93.0 Å². The average molecular weight is 227 g/mol. The lowest BCUT2D eigenvalue weighted by molar-refractivity contribution is 0.125. The number of rotatable bonds is 3. The molecular weight excluding hydrogens is 213 g/mol. The van der Waals surface area contributed by atoms with Crippen LogP contribution < -0.4 is 10.1 Å². The van der Waals surface area contributed by atoms with Gasteiger partial charge in [0.05, 0.1) is 32.5 Å². The highest BCUT2D eigenvalue weighted by atomic mass is 19.1. The summed E-state index contributed by atoms with van der Waals surface area (Å²) in [6, 6.07) is 4.32. The fourth-order valence-corrected chi connectivity index (χ4v) is 1.64. The van der Waals surface area contributed by atoms with Gasteiger partial charge in [0, 0.05) is 11.8 Å². The smallest absolute Gasteiger partial charge is 0.165 e. The van der Waals surface area contributed by atoms with E-state index in [2.05, 4.69) is 5.32 Å². The lowest BCUT2D eigenvalue weighted by atomic mass is 10.2. The maximum atomic E-state index is 13.1. The van der Waals surface area contributed by atoms with Crippen LogP contribution in [0.2, 0.25) is 0 Å². The maximum Gasteiger partial charge on any atom is 0.165 e. The SMILES string of the molecule is COc1cc(N[C@@H]2COC[C@H]2O)ccc1F. The molecule has 0 radical (unpaired) electrons. The first-order valence-electron chi connectivity index (χ1n) is 5.06. The Morgan fingerprint density at radius 1 is 1.50 bits per heavy atom. The molecule has 1 aromatic carbocycles. The molecule has 0 bridgehead atoms. The molecule has 0 spiro atoms. The fraction of sp³-hybridized carbons (Fsp3) is 0.455. The molecule has 5 heteroatoms. The largest absolute Gasteiger partial charge is 0.494 e. The molecule has 2 atom stereocenters. The molecule has 0 unspecified atom stereocenters. The monoisotopic (exact) mass is 227 g/mol. The van der Waals surface area contributed by atoms with Gasteiger partial charge in [-0.3, -0.25) is 0 Å². The molecule has 0 amide bonds.